The Morgan fingerprint density at radius 2 is 1.74 bits per heavy atom. The van der Waals surface area contributed by atoms with Gasteiger partial charge in [-0.1, -0.05) is 49.4 Å². The zero-order valence-electron chi connectivity index (χ0n) is 23.5. The molecule has 6 atom stereocenters. The molecule has 3 aliphatic carbocycles. The molecular formula is C31H35N3O8. The van der Waals surface area contributed by atoms with Gasteiger partial charge in [0, 0.05) is 23.6 Å². The SMILES string of the molecule is CC1c2ccc(CNCCc3ccccc3)c(O)c2C(=O)C2=C(O)C3(O)C(=O)C(C(N)=O)=C(O)C(N(C)C)C3C(O)C21. The first-order chi connectivity index (χ1) is 19.8. The second-order valence-electron chi connectivity index (χ2n) is 11.5. The number of amides is 1. The smallest absolute Gasteiger partial charge is 0.255 e. The van der Waals surface area contributed by atoms with E-state index in [-0.39, 0.29) is 17.9 Å². The molecule has 0 heterocycles. The van der Waals surface area contributed by atoms with Gasteiger partial charge in [0.15, 0.2) is 11.4 Å². The standard InChI is InChI=1S/C31H35N3O8/c1-14-17-10-9-16(13-33-12-11-15-7-5-4-6-8-15)24(35)19(17)25(36)20-18(14)26(37)22-23(34(2)3)27(38)21(30(32)41)29(40)31(22,42)28(20)39/h4-10,14,18,22-23,26,33,35,37-39,42H,11-13H2,1-3H3,(H2,32,41). The third kappa shape index (κ3) is 4.23. The highest BCUT2D eigenvalue weighted by molar-refractivity contribution is 6.25. The van der Waals surface area contributed by atoms with Gasteiger partial charge in [-0.2, -0.15) is 0 Å². The van der Waals surface area contributed by atoms with E-state index >= 15 is 0 Å². The summed E-state index contributed by atoms with van der Waals surface area (Å²) in [5, 5.41) is 60.3. The third-order valence-electron chi connectivity index (χ3n) is 8.96. The number of nitrogens with one attached hydrogen (secondary N) is 1. The number of carbonyl (C=O) groups is 3. The van der Waals surface area contributed by atoms with Crippen LogP contribution in [0.4, 0.5) is 0 Å². The lowest BCUT2D eigenvalue weighted by atomic mass is 9.55. The van der Waals surface area contributed by atoms with Crippen molar-refractivity contribution in [3.63, 3.8) is 0 Å². The molecule has 0 radical (unpaired) electrons. The molecule has 6 unspecified atom stereocenters. The van der Waals surface area contributed by atoms with Gasteiger partial charge >= 0.3 is 0 Å². The van der Waals surface area contributed by atoms with Crippen LogP contribution in [0.25, 0.3) is 0 Å². The number of primary amides is 1. The van der Waals surface area contributed by atoms with Gasteiger partial charge in [-0.15, -0.1) is 0 Å². The van der Waals surface area contributed by atoms with Crippen molar-refractivity contribution in [1.82, 2.24) is 10.2 Å². The summed E-state index contributed by atoms with van der Waals surface area (Å²) in [6, 6.07) is 11.9. The molecule has 0 saturated carbocycles. The topological polar surface area (TPSA) is 194 Å². The largest absolute Gasteiger partial charge is 0.510 e. The summed E-state index contributed by atoms with van der Waals surface area (Å²) in [6.45, 7) is 2.55. The van der Waals surface area contributed by atoms with Gasteiger partial charge in [-0.25, -0.2) is 0 Å². The van der Waals surface area contributed by atoms with Crippen LogP contribution in [0.15, 0.2) is 65.1 Å². The van der Waals surface area contributed by atoms with Crippen LogP contribution in [-0.4, -0.2) is 86.3 Å². The Kier molecular flexibility index (Phi) is 7.48. The van der Waals surface area contributed by atoms with Crippen molar-refractivity contribution in [3.05, 3.63) is 87.4 Å². The number of likely N-dealkylation sites (N-methyl/N-ethyl adjacent to an activating group) is 1. The molecule has 0 spiro atoms. The van der Waals surface area contributed by atoms with Crippen molar-refractivity contribution in [3.8, 4) is 5.75 Å². The monoisotopic (exact) mass is 577 g/mol. The van der Waals surface area contributed by atoms with Crippen LogP contribution in [0.5, 0.6) is 5.75 Å². The first-order valence-corrected chi connectivity index (χ1v) is 13.8. The summed E-state index contributed by atoms with van der Waals surface area (Å²) < 4.78 is 0. The average molecular weight is 578 g/mol. The van der Waals surface area contributed by atoms with Gasteiger partial charge in [0.2, 0.25) is 5.78 Å². The van der Waals surface area contributed by atoms with Crippen LogP contribution in [0.2, 0.25) is 0 Å². The zero-order chi connectivity index (χ0) is 30.7. The second kappa shape index (κ2) is 10.7. The van der Waals surface area contributed by atoms with Crippen molar-refractivity contribution in [2.75, 3.05) is 20.6 Å². The number of hydrogen-bond donors (Lipinski definition) is 7. The lowest BCUT2D eigenvalue weighted by Gasteiger charge is -2.53. The van der Waals surface area contributed by atoms with E-state index in [2.05, 4.69) is 5.32 Å². The van der Waals surface area contributed by atoms with Crippen LogP contribution in [0, 0.1) is 11.8 Å². The van der Waals surface area contributed by atoms with Crippen molar-refractivity contribution < 1.29 is 39.9 Å². The minimum Gasteiger partial charge on any atom is -0.510 e. The van der Waals surface area contributed by atoms with Crippen LogP contribution in [0.1, 0.15) is 39.9 Å². The fraction of sp³-hybridized carbons (Fsp3) is 0.387. The molecule has 42 heavy (non-hydrogen) atoms. The summed E-state index contributed by atoms with van der Waals surface area (Å²) in [7, 11) is 2.99. The normalized spacial score (nSPS) is 29.0. The van der Waals surface area contributed by atoms with E-state index in [1.165, 1.54) is 19.0 Å². The molecule has 0 aliphatic heterocycles. The predicted molar refractivity (Wildman–Crippen MR) is 152 cm³/mol. The van der Waals surface area contributed by atoms with Gasteiger partial charge in [0.25, 0.3) is 5.91 Å². The van der Waals surface area contributed by atoms with Crippen molar-refractivity contribution in [2.45, 2.75) is 43.6 Å². The number of phenolic OH excluding ortho intramolecular Hbond substituents is 1. The molecule has 2 aromatic rings. The Bertz CT molecular complexity index is 1530. The van der Waals surface area contributed by atoms with Crippen LogP contribution < -0.4 is 11.1 Å². The van der Waals surface area contributed by atoms with E-state index in [1.807, 2.05) is 30.3 Å². The number of Topliss-reactive ketones (excluding diaryl/α,β-unsaturated/α-hetero) is 2. The molecule has 0 fully saturated rings. The maximum Gasteiger partial charge on any atom is 0.255 e. The number of benzene rings is 2. The Balaban J connectivity index is 1.56. The van der Waals surface area contributed by atoms with Gasteiger partial charge in [-0.3, -0.25) is 19.3 Å². The zero-order valence-corrected chi connectivity index (χ0v) is 23.5. The van der Waals surface area contributed by atoms with Gasteiger partial charge < -0.3 is 36.6 Å². The molecule has 0 saturated heterocycles. The Hall–Kier alpha value is -4.03. The van der Waals surface area contributed by atoms with Crippen molar-refractivity contribution >= 4 is 17.5 Å². The second-order valence-corrected chi connectivity index (χ2v) is 11.5. The summed E-state index contributed by atoms with van der Waals surface area (Å²) in [6.07, 6.45) is -0.871. The lowest BCUT2D eigenvalue weighted by Crippen LogP contribution is -2.68. The van der Waals surface area contributed by atoms with Crippen molar-refractivity contribution in [1.29, 1.82) is 0 Å². The number of carbonyl (C=O) groups excluding carboxylic acids is 3. The number of rotatable bonds is 7. The molecule has 0 bridgehead atoms. The fourth-order valence-electron chi connectivity index (χ4n) is 6.91. The summed E-state index contributed by atoms with van der Waals surface area (Å²) in [5.74, 6) is -8.96. The highest BCUT2D eigenvalue weighted by Gasteiger charge is 2.67. The molecule has 222 valence electrons. The van der Waals surface area contributed by atoms with E-state index in [4.69, 9.17) is 5.73 Å². The number of hydrogen-bond acceptors (Lipinski definition) is 10. The van der Waals surface area contributed by atoms with E-state index in [0.717, 1.165) is 12.0 Å². The number of phenols is 1. The summed E-state index contributed by atoms with van der Waals surface area (Å²) >= 11 is 0. The minimum atomic E-state index is -2.93. The number of nitrogens with two attached hydrogens (primary N) is 1. The minimum absolute atomic E-state index is 0.0992. The third-order valence-corrected chi connectivity index (χ3v) is 8.96. The van der Waals surface area contributed by atoms with E-state index in [9.17, 15) is 39.9 Å². The molecular weight excluding hydrogens is 542 g/mol. The molecule has 11 heteroatoms. The van der Waals surface area contributed by atoms with E-state index in [0.29, 0.717) is 17.7 Å². The van der Waals surface area contributed by atoms with E-state index in [1.54, 1.807) is 19.1 Å². The number of aliphatic hydroxyl groups is 4. The quantitative estimate of drug-likeness (QED) is 0.184. The highest BCUT2D eigenvalue weighted by Crippen LogP contribution is 2.55. The van der Waals surface area contributed by atoms with Gasteiger partial charge in [0.05, 0.1) is 23.6 Å². The molecule has 2 aromatic carbocycles. The maximum atomic E-state index is 14.0. The summed E-state index contributed by atoms with van der Waals surface area (Å²) in [5.41, 5.74) is 2.97. The first-order valence-electron chi connectivity index (χ1n) is 13.8. The average Bonchev–Trinajstić information content (AvgIpc) is 2.94. The number of fused-ring (bicyclic) bond motifs is 3. The Morgan fingerprint density at radius 3 is 2.36 bits per heavy atom. The van der Waals surface area contributed by atoms with E-state index < -0.39 is 75.6 Å². The van der Waals surface area contributed by atoms with Gasteiger partial charge in [-0.05, 0) is 44.1 Å². The highest BCUT2D eigenvalue weighted by atomic mass is 16.4. The summed E-state index contributed by atoms with van der Waals surface area (Å²) in [4.78, 5) is 41.0. The molecule has 0 aromatic heterocycles. The number of nitrogens with zero attached hydrogens (tertiary/aromatic N) is 1. The number of ketones is 2. The number of aliphatic hydroxyl groups excluding tert-OH is 3. The van der Waals surface area contributed by atoms with Crippen molar-refractivity contribution in [2.24, 2.45) is 17.6 Å². The molecule has 8 N–H and O–H groups in total. The predicted octanol–water partition coefficient (Wildman–Crippen LogP) is 0.985. The fourth-order valence-corrected chi connectivity index (χ4v) is 6.91. The Morgan fingerprint density at radius 1 is 1.07 bits per heavy atom. The number of aromatic hydroxyl groups is 1. The van der Waals surface area contributed by atoms with Crippen LogP contribution in [0.3, 0.4) is 0 Å². The molecule has 11 nitrogen and oxygen atoms in total. The molecule has 3 aliphatic rings. The van der Waals surface area contributed by atoms with Crippen LogP contribution >= 0.6 is 0 Å². The lowest BCUT2D eigenvalue weighted by molar-refractivity contribution is -0.162. The Labute approximate surface area is 242 Å². The van der Waals surface area contributed by atoms with Gasteiger partial charge in [0.1, 0.15) is 22.8 Å². The van der Waals surface area contributed by atoms with Crippen LogP contribution in [-0.2, 0) is 22.6 Å². The molecule has 5 rings (SSSR count). The maximum absolute atomic E-state index is 14.0. The first kappa shape index (κ1) is 29.5. The molecule has 1 amide bonds.